The number of anilines is 3. The van der Waals surface area contributed by atoms with E-state index in [4.69, 9.17) is 0 Å². The van der Waals surface area contributed by atoms with Crippen molar-refractivity contribution in [1.82, 2.24) is 0 Å². The van der Waals surface area contributed by atoms with Crippen LogP contribution in [0.2, 0.25) is 0 Å². The van der Waals surface area contributed by atoms with Crippen LogP contribution < -0.4 is 4.90 Å². The molecule has 10 aromatic rings. The molecule has 0 N–H and O–H groups in total. The number of rotatable bonds is 6. The van der Waals surface area contributed by atoms with Crippen molar-refractivity contribution in [3.8, 4) is 33.4 Å². The van der Waals surface area contributed by atoms with Gasteiger partial charge in [0.15, 0.2) is 0 Å². The van der Waals surface area contributed by atoms with Gasteiger partial charge in [-0.1, -0.05) is 140 Å². The largest absolute Gasteiger partial charge is 0.309 e. The lowest BCUT2D eigenvalue weighted by atomic mass is 9.90. The van der Waals surface area contributed by atoms with Crippen LogP contribution in [0.3, 0.4) is 0 Å². The molecular weight excluding hydrogens is 655 g/mol. The average Bonchev–Trinajstić information content (AvgIpc) is 3.78. The van der Waals surface area contributed by atoms with Gasteiger partial charge in [0, 0.05) is 52.6 Å². The number of para-hydroxylation sites is 1. The first-order valence-corrected chi connectivity index (χ1v) is 18.9. The van der Waals surface area contributed by atoms with Crippen molar-refractivity contribution in [1.29, 1.82) is 0 Å². The van der Waals surface area contributed by atoms with E-state index in [0.29, 0.717) is 0 Å². The highest BCUT2D eigenvalue weighted by atomic mass is 32.1. The Balaban J connectivity index is 1.11. The minimum atomic E-state index is 1.13. The zero-order valence-corrected chi connectivity index (χ0v) is 29.3. The summed E-state index contributed by atoms with van der Waals surface area (Å²) in [6.45, 7) is 0. The summed E-state index contributed by atoms with van der Waals surface area (Å²) in [6, 6.07) is 68.5. The van der Waals surface area contributed by atoms with E-state index in [1.807, 2.05) is 22.7 Å². The van der Waals surface area contributed by atoms with Gasteiger partial charge in [0.25, 0.3) is 0 Å². The number of benzene rings is 8. The maximum atomic E-state index is 2.40. The van der Waals surface area contributed by atoms with Crippen LogP contribution in [0.4, 0.5) is 17.1 Å². The molecule has 0 saturated carbocycles. The molecule has 0 aliphatic carbocycles. The Morgan fingerprint density at radius 1 is 0.314 bits per heavy atom. The van der Waals surface area contributed by atoms with Crippen LogP contribution in [0.25, 0.3) is 73.7 Å². The summed E-state index contributed by atoms with van der Waals surface area (Å²) >= 11 is 3.75. The molecule has 0 spiro atoms. The molecule has 3 heteroatoms. The number of thiophene rings is 2. The van der Waals surface area contributed by atoms with Gasteiger partial charge in [-0.2, -0.15) is 0 Å². The van der Waals surface area contributed by atoms with Gasteiger partial charge in [-0.25, -0.2) is 0 Å². The van der Waals surface area contributed by atoms with Gasteiger partial charge >= 0.3 is 0 Å². The van der Waals surface area contributed by atoms with Crippen LogP contribution in [0.1, 0.15) is 0 Å². The molecule has 0 amide bonds. The number of fused-ring (bicyclic) bond motifs is 6. The van der Waals surface area contributed by atoms with Crippen molar-refractivity contribution in [2.75, 3.05) is 4.90 Å². The predicted molar refractivity (Wildman–Crippen MR) is 223 cm³/mol. The fourth-order valence-electron chi connectivity index (χ4n) is 7.49. The summed E-state index contributed by atoms with van der Waals surface area (Å²) in [6.07, 6.45) is 0. The molecule has 8 aromatic carbocycles. The van der Waals surface area contributed by atoms with Gasteiger partial charge in [0.2, 0.25) is 0 Å². The fraction of sp³-hybridized carbons (Fsp3) is 0. The summed E-state index contributed by atoms with van der Waals surface area (Å²) in [5.41, 5.74) is 10.9. The quantitative estimate of drug-likeness (QED) is 0.168. The zero-order valence-electron chi connectivity index (χ0n) is 27.7. The van der Waals surface area contributed by atoms with E-state index in [1.165, 1.54) is 79.4 Å². The Morgan fingerprint density at radius 2 is 0.863 bits per heavy atom. The van der Waals surface area contributed by atoms with E-state index in [1.54, 1.807) is 0 Å². The Bertz CT molecular complexity index is 2850. The van der Waals surface area contributed by atoms with Crippen LogP contribution in [-0.4, -0.2) is 0 Å². The van der Waals surface area contributed by atoms with E-state index in [0.717, 1.165) is 11.4 Å². The van der Waals surface area contributed by atoms with Crippen molar-refractivity contribution in [3.05, 3.63) is 188 Å². The molecule has 51 heavy (non-hydrogen) atoms. The van der Waals surface area contributed by atoms with Gasteiger partial charge in [-0.15, -0.1) is 22.7 Å². The standard InChI is InChI=1S/C48H31NS2/c1-3-13-33(14-4-1)37-30-27-34(31-43(37)42-20-11-19-40-38-17-7-9-23-45(38)50-47(40)42)32-25-28-36(29-26-32)49(35-15-5-2-6-16-35)44-22-12-21-41-39-18-8-10-24-46(39)51-48(41)44/h1-31H. The normalized spacial score (nSPS) is 11.5. The first-order chi connectivity index (χ1) is 25.3. The van der Waals surface area contributed by atoms with Crippen LogP contribution >= 0.6 is 22.7 Å². The minimum absolute atomic E-state index is 1.13. The monoisotopic (exact) mass is 685 g/mol. The number of hydrogen-bond acceptors (Lipinski definition) is 3. The Morgan fingerprint density at radius 3 is 1.59 bits per heavy atom. The van der Waals surface area contributed by atoms with E-state index in [-0.39, 0.29) is 0 Å². The number of nitrogens with zero attached hydrogens (tertiary/aromatic N) is 1. The van der Waals surface area contributed by atoms with Crippen LogP contribution in [0.15, 0.2) is 188 Å². The van der Waals surface area contributed by atoms with Crippen molar-refractivity contribution in [3.63, 3.8) is 0 Å². The lowest BCUT2D eigenvalue weighted by molar-refractivity contribution is 1.30. The molecule has 0 bridgehead atoms. The smallest absolute Gasteiger partial charge is 0.0640 e. The lowest BCUT2D eigenvalue weighted by Gasteiger charge is -2.26. The highest BCUT2D eigenvalue weighted by Crippen LogP contribution is 2.46. The first kappa shape index (κ1) is 29.9. The van der Waals surface area contributed by atoms with Crippen molar-refractivity contribution < 1.29 is 0 Å². The number of hydrogen-bond donors (Lipinski definition) is 0. The average molecular weight is 686 g/mol. The summed E-state index contributed by atoms with van der Waals surface area (Å²) < 4.78 is 5.26. The Kier molecular flexibility index (Phi) is 7.26. The van der Waals surface area contributed by atoms with Gasteiger partial charge < -0.3 is 4.90 Å². The molecule has 2 heterocycles. The maximum Gasteiger partial charge on any atom is 0.0640 e. The molecule has 0 fully saturated rings. The molecule has 0 aliphatic rings. The van der Waals surface area contributed by atoms with E-state index < -0.39 is 0 Å². The third kappa shape index (κ3) is 5.13. The third-order valence-corrected chi connectivity index (χ3v) is 12.3. The SMILES string of the molecule is c1ccc(-c2ccc(-c3ccc(N(c4ccccc4)c4cccc5c4sc4ccccc45)cc3)cc2-c2cccc3c2sc2ccccc23)cc1. The predicted octanol–water partition coefficient (Wildman–Crippen LogP) is 14.9. The highest BCUT2D eigenvalue weighted by molar-refractivity contribution is 7.26. The van der Waals surface area contributed by atoms with Gasteiger partial charge in [-0.3, -0.25) is 0 Å². The maximum absolute atomic E-state index is 2.40. The first-order valence-electron chi connectivity index (χ1n) is 17.3. The van der Waals surface area contributed by atoms with Crippen LogP contribution in [-0.2, 0) is 0 Å². The van der Waals surface area contributed by atoms with E-state index in [9.17, 15) is 0 Å². The van der Waals surface area contributed by atoms with Crippen molar-refractivity contribution in [2.45, 2.75) is 0 Å². The topological polar surface area (TPSA) is 3.24 Å². The van der Waals surface area contributed by atoms with Crippen LogP contribution in [0.5, 0.6) is 0 Å². The molecule has 1 nitrogen and oxygen atoms in total. The van der Waals surface area contributed by atoms with Gasteiger partial charge in [0.1, 0.15) is 0 Å². The van der Waals surface area contributed by atoms with E-state index in [2.05, 4.69) is 193 Å². The molecule has 2 aromatic heterocycles. The molecular formula is C48H31NS2. The van der Waals surface area contributed by atoms with Crippen molar-refractivity contribution >= 4 is 80.1 Å². The van der Waals surface area contributed by atoms with Crippen molar-refractivity contribution in [2.24, 2.45) is 0 Å². The Hall–Kier alpha value is -6.00. The summed E-state index contributed by atoms with van der Waals surface area (Å²) in [5, 5.41) is 5.24. The molecule has 0 aliphatic heterocycles. The highest BCUT2D eigenvalue weighted by Gasteiger charge is 2.19. The molecule has 240 valence electrons. The van der Waals surface area contributed by atoms with Gasteiger partial charge in [-0.05, 0) is 76.3 Å². The molecule has 0 saturated heterocycles. The molecule has 0 atom stereocenters. The molecule has 0 radical (unpaired) electrons. The Labute approximate surface area is 304 Å². The van der Waals surface area contributed by atoms with Crippen LogP contribution in [0, 0.1) is 0 Å². The third-order valence-electron chi connectivity index (χ3n) is 9.90. The second-order valence-corrected chi connectivity index (χ2v) is 15.0. The van der Waals surface area contributed by atoms with E-state index >= 15 is 0 Å². The summed E-state index contributed by atoms with van der Waals surface area (Å²) in [7, 11) is 0. The zero-order chi connectivity index (χ0) is 33.7. The lowest BCUT2D eigenvalue weighted by Crippen LogP contribution is -2.09. The fourth-order valence-corrected chi connectivity index (χ4v) is 9.93. The second kappa shape index (κ2) is 12.4. The molecule has 10 rings (SSSR count). The van der Waals surface area contributed by atoms with Gasteiger partial charge in [0.05, 0.1) is 10.4 Å². The minimum Gasteiger partial charge on any atom is -0.309 e. The summed E-state index contributed by atoms with van der Waals surface area (Å²) in [5.74, 6) is 0. The molecule has 0 unspecified atom stereocenters. The summed E-state index contributed by atoms with van der Waals surface area (Å²) in [4.78, 5) is 2.40. The second-order valence-electron chi connectivity index (χ2n) is 12.9.